The Balaban J connectivity index is 1.95. The number of fused-ring (bicyclic) bond motifs is 2. The van der Waals surface area contributed by atoms with E-state index in [2.05, 4.69) is 16.0 Å². The number of carbonyl (C=O) groups excluding carboxylic acids is 3. The van der Waals surface area contributed by atoms with Crippen molar-refractivity contribution in [1.82, 2.24) is 5.32 Å². The molecule has 0 aliphatic heterocycles. The molecular formula is C22H25N3O4. The van der Waals surface area contributed by atoms with Gasteiger partial charge in [0.25, 0.3) is 0 Å². The molecule has 0 spiro atoms. The molecule has 1 aliphatic carbocycles. The molecule has 0 aromatic heterocycles. The van der Waals surface area contributed by atoms with Crippen LogP contribution >= 0.6 is 0 Å². The van der Waals surface area contributed by atoms with Gasteiger partial charge < -0.3 is 21.1 Å². The lowest BCUT2D eigenvalue weighted by Crippen LogP contribution is -2.29. The van der Waals surface area contributed by atoms with Crippen molar-refractivity contribution >= 4 is 28.8 Å². The van der Waals surface area contributed by atoms with Crippen LogP contribution in [-0.4, -0.2) is 48.3 Å². The summed E-state index contributed by atoms with van der Waals surface area (Å²) in [6, 6.07) is 10.1. The molecule has 7 nitrogen and oxygen atoms in total. The second-order valence-corrected chi connectivity index (χ2v) is 6.96. The lowest BCUT2D eigenvalue weighted by atomic mass is 9.82. The minimum Gasteiger partial charge on any atom is -0.394 e. The van der Waals surface area contributed by atoms with Crippen LogP contribution in [-0.2, 0) is 4.79 Å². The quantitative estimate of drug-likeness (QED) is 0.436. The normalized spacial score (nSPS) is 13.3. The fourth-order valence-electron chi connectivity index (χ4n) is 3.44. The maximum absolute atomic E-state index is 13.3. The minimum absolute atomic E-state index is 0.0682. The van der Waals surface area contributed by atoms with Gasteiger partial charge in [-0.2, -0.15) is 0 Å². The zero-order valence-electron chi connectivity index (χ0n) is 16.5. The number of hydrogen-bond donors (Lipinski definition) is 4. The summed E-state index contributed by atoms with van der Waals surface area (Å²) in [5, 5.41) is 18.5. The Hall–Kier alpha value is -3.19. The number of ketones is 2. The summed E-state index contributed by atoms with van der Waals surface area (Å²) in [5.74, 6) is -0.579. The summed E-state index contributed by atoms with van der Waals surface area (Å²) in [5.41, 5.74) is 2.50. The molecule has 7 heteroatoms. The van der Waals surface area contributed by atoms with Crippen LogP contribution < -0.4 is 16.0 Å². The number of rotatable bonds is 8. The maximum atomic E-state index is 13.3. The van der Waals surface area contributed by atoms with Crippen LogP contribution in [0.1, 0.15) is 52.1 Å². The summed E-state index contributed by atoms with van der Waals surface area (Å²) in [7, 11) is 0. The summed E-state index contributed by atoms with van der Waals surface area (Å²) in [6.07, 6.45) is 0.682. The van der Waals surface area contributed by atoms with Crippen molar-refractivity contribution in [2.75, 3.05) is 30.3 Å². The summed E-state index contributed by atoms with van der Waals surface area (Å²) < 4.78 is 0. The highest BCUT2D eigenvalue weighted by Crippen LogP contribution is 2.35. The molecule has 1 amide bonds. The van der Waals surface area contributed by atoms with Gasteiger partial charge >= 0.3 is 0 Å². The predicted octanol–water partition coefficient (Wildman–Crippen LogP) is 2.19. The molecule has 152 valence electrons. The van der Waals surface area contributed by atoms with Crippen LogP contribution in [0.5, 0.6) is 0 Å². The largest absolute Gasteiger partial charge is 0.394 e. The number of hydrogen-bond acceptors (Lipinski definition) is 6. The first-order valence-electron chi connectivity index (χ1n) is 9.69. The van der Waals surface area contributed by atoms with E-state index in [9.17, 15) is 19.5 Å². The van der Waals surface area contributed by atoms with Crippen LogP contribution in [0.25, 0.3) is 0 Å². The van der Waals surface area contributed by atoms with Gasteiger partial charge in [-0.3, -0.25) is 14.4 Å². The smallest absolute Gasteiger partial charge is 0.216 e. The van der Waals surface area contributed by atoms with E-state index in [4.69, 9.17) is 0 Å². The highest BCUT2D eigenvalue weighted by atomic mass is 16.3. The average molecular weight is 395 g/mol. The van der Waals surface area contributed by atoms with Crippen LogP contribution in [0.3, 0.4) is 0 Å². The van der Waals surface area contributed by atoms with Crippen molar-refractivity contribution in [1.29, 1.82) is 0 Å². The number of aliphatic hydroxyl groups excluding tert-OH is 1. The minimum atomic E-state index is -0.226. The highest BCUT2D eigenvalue weighted by molar-refractivity contribution is 6.31. The third-order valence-electron chi connectivity index (χ3n) is 4.96. The molecule has 1 unspecified atom stereocenters. The third kappa shape index (κ3) is 4.14. The fraction of sp³-hybridized carbons (Fsp3) is 0.318. The number of carbonyl (C=O) groups is 3. The molecule has 0 heterocycles. The fourth-order valence-corrected chi connectivity index (χ4v) is 3.44. The predicted molar refractivity (Wildman–Crippen MR) is 112 cm³/mol. The molecule has 0 saturated carbocycles. The van der Waals surface area contributed by atoms with E-state index in [-0.39, 0.29) is 30.1 Å². The standard InChI is InChI=1S/C22H25N3O4/c1-3-14(12-26)25-18-9-5-7-16-20(18)22(29)15-6-4-8-17(19(15)21(16)28)24-11-10-23-13(2)27/h4-9,14,24-26H,3,10-12H2,1-2H3,(H,23,27). The van der Waals surface area contributed by atoms with E-state index in [0.717, 1.165) is 0 Å². The van der Waals surface area contributed by atoms with Crippen molar-refractivity contribution in [3.05, 3.63) is 58.7 Å². The molecule has 29 heavy (non-hydrogen) atoms. The first-order chi connectivity index (χ1) is 14.0. The topological polar surface area (TPSA) is 108 Å². The van der Waals surface area contributed by atoms with Gasteiger partial charge in [-0.15, -0.1) is 0 Å². The molecular weight excluding hydrogens is 370 g/mol. The number of aliphatic hydroxyl groups is 1. The van der Waals surface area contributed by atoms with Crippen molar-refractivity contribution in [3.63, 3.8) is 0 Å². The first kappa shape index (κ1) is 20.5. The van der Waals surface area contributed by atoms with Gasteiger partial charge in [0.2, 0.25) is 5.91 Å². The van der Waals surface area contributed by atoms with E-state index in [1.165, 1.54) is 6.92 Å². The SMILES string of the molecule is CCC(CO)Nc1cccc2c1C(=O)c1cccc(NCCNC(C)=O)c1C2=O. The average Bonchev–Trinajstić information content (AvgIpc) is 2.72. The first-order valence-corrected chi connectivity index (χ1v) is 9.69. The third-order valence-corrected chi connectivity index (χ3v) is 4.96. The number of benzene rings is 2. The van der Waals surface area contributed by atoms with Gasteiger partial charge in [-0.05, 0) is 18.6 Å². The van der Waals surface area contributed by atoms with E-state index >= 15 is 0 Å². The number of amides is 1. The summed E-state index contributed by atoms with van der Waals surface area (Å²) in [4.78, 5) is 37.5. The van der Waals surface area contributed by atoms with Gasteiger partial charge in [0.05, 0.1) is 17.7 Å². The molecule has 3 rings (SSSR count). The van der Waals surface area contributed by atoms with Gasteiger partial charge in [0.1, 0.15) is 0 Å². The molecule has 1 atom stereocenters. The number of anilines is 2. The van der Waals surface area contributed by atoms with Gasteiger partial charge in [-0.1, -0.05) is 31.2 Å². The van der Waals surface area contributed by atoms with Crippen molar-refractivity contribution < 1.29 is 19.5 Å². The maximum Gasteiger partial charge on any atom is 0.216 e. The Morgan fingerprint density at radius 3 is 2.10 bits per heavy atom. The molecule has 2 aromatic carbocycles. The Bertz CT molecular complexity index is 951. The Labute approximate surface area is 169 Å². The summed E-state index contributed by atoms with van der Waals surface area (Å²) in [6.45, 7) is 4.15. The van der Waals surface area contributed by atoms with Gasteiger partial charge in [0.15, 0.2) is 11.6 Å². The van der Waals surface area contributed by atoms with Crippen molar-refractivity contribution in [3.8, 4) is 0 Å². The lowest BCUT2D eigenvalue weighted by molar-refractivity contribution is -0.118. The molecule has 0 saturated heterocycles. The second-order valence-electron chi connectivity index (χ2n) is 6.96. The molecule has 0 radical (unpaired) electrons. The summed E-state index contributed by atoms with van der Waals surface area (Å²) >= 11 is 0. The van der Waals surface area contributed by atoms with Crippen molar-refractivity contribution in [2.45, 2.75) is 26.3 Å². The van der Waals surface area contributed by atoms with Gasteiger partial charge in [0, 0.05) is 48.6 Å². The Morgan fingerprint density at radius 2 is 1.55 bits per heavy atom. The van der Waals surface area contributed by atoms with E-state index < -0.39 is 0 Å². The van der Waals surface area contributed by atoms with Crippen LogP contribution in [0.15, 0.2) is 36.4 Å². The Morgan fingerprint density at radius 1 is 0.966 bits per heavy atom. The van der Waals surface area contributed by atoms with Crippen LogP contribution in [0.2, 0.25) is 0 Å². The molecule has 1 aliphatic rings. The molecule has 2 aromatic rings. The zero-order chi connectivity index (χ0) is 21.0. The van der Waals surface area contributed by atoms with E-state index in [1.54, 1.807) is 36.4 Å². The molecule has 0 bridgehead atoms. The highest BCUT2D eigenvalue weighted by Gasteiger charge is 2.33. The Kier molecular flexibility index (Phi) is 6.29. The molecule has 0 fully saturated rings. The van der Waals surface area contributed by atoms with E-state index in [0.29, 0.717) is 53.1 Å². The number of nitrogens with one attached hydrogen (secondary N) is 3. The van der Waals surface area contributed by atoms with Crippen LogP contribution in [0.4, 0.5) is 11.4 Å². The van der Waals surface area contributed by atoms with E-state index in [1.807, 2.05) is 6.92 Å². The van der Waals surface area contributed by atoms with Gasteiger partial charge in [-0.25, -0.2) is 0 Å². The zero-order valence-corrected chi connectivity index (χ0v) is 16.5. The monoisotopic (exact) mass is 395 g/mol. The van der Waals surface area contributed by atoms with Crippen LogP contribution in [0, 0.1) is 0 Å². The second kappa shape index (κ2) is 8.87. The lowest BCUT2D eigenvalue weighted by Gasteiger charge is -2.25. The van der Waals surface area contributed by atoms with Crippen molar-refractivity contribution in [2.24, 2.45) is 0 Å². The molecule has 4 N–H and O–H groups in total.